The second kappa shape index (κ2) is 5.72. The molecule has 0 aliphatic heterocycles. The number of halogens is 2. The highest BCUT2D eigenvalue weighted by molar-refractivity contribution is 9.10. The Bertz CT molecular complexity index is 643. The number of hydrogen-bond acceptors (Lipinski definition) is 2. The molecule has 0 unspecified atom stereocenters. The van der Waals surface area contributed by atoms with Crippen LogP contribution in [-0.2, 0) is 0 Å². The maximum atomic E-state index is 12.1. The van der Waals surface area contributed by atoms with Gasteiger partial charge < -0.3 is 5.32 Å². The van der Waals surface area contributed by atoms with E-state index in [1.165, 1.54) is 0 Å². The highest BCUT2D eigenvalue weighted by Gasteiger charge is 2.12. The van der Waals surface area contributed by atoms with Crippen LogP contribution in [0.15, 0.2) is 34.8 Å². The number of aromatic nitrogens is 1. The van der Waals surface area contributed by atoms with Gasteiger partial charge >= 0.3 is 0 Å². The van der Waals surface area contributed by atoms with Crippen molar-refractivity contribution >= 4 is 39.3 Å². The summed E-state index contributed by atoms with van der Waals surface area (Å²) in [6.07, 6.45) is 0. The molecule has 98 valence electrons. The maximum Gasteiger partial charge on any atom is 0.258 e. The number of nitrogens with zero attached hydrogens (tertiary/aromatic N) is 1. The van der Waals surface area contributed by atoms with Gasteiger partial charge in [-0.25, -0.2) is 4.98 Å². The van der Waals surface area contributed by atoms with Gasteiger partial charge in [-0.1, -0.05) is 23.7 Å². The number of carbonyl (C=O) groups excluding carboxylic acids is 1. The number of benzene rings is 1. The van der Waals surface area contributed by atoms with Gasteiger partial charge in [0.2, 0.25) is 0 Å². The van der Waals surface area contributed by atoms with E-state index in [9.17, 15) is 4.79 Å². The van der Waals surface area contributed by atoms with E-state index in [0.29, 0.717) is 16.4 Å². The number of nitrogens with one attached hydrogen (secondary N) is 1. The Morgan fingerprint density at radius 3 is 2.68 bits per heavy atom. The molecule has 1 N–H and O–H groups in total. The summed E-state index contributed by atoms with van der Waals surface area (Å²) in [5.41, 5.74) is 2.13. The fourth-order valence-electron chi connectivity index (χ4n) is 1.62. The zero-order valence-electron chi connectivity index (χ0n) is 10.5. The van der Waals surface area contributed by atoms with E-state index in [0.717, 1.165) is 15.7 Å². The van der Waals surface area contributed by atoms with Gasteiger partial charge in [-0.15, -0.1) is 0 Å². The Morgan fingerprint density at radius 1 is 1.26 bits per heavy atom. The Kier molecular flexibility index (Phi) is 4.22. The molecule has 1 aromatic heterocycles. The molecule has 1 amide bonds. The predicted octanol–water partition coefficient (Wildman–Crippen LogP) is 4.37. The summed E-state index contributed by atoms with van der Waals surface area (Å²) in [4.78, 5) is 16.4. The summed E-state index contributed by atoms with van der Waals surface area (Å²) in [6, 6.07) is 8.93. The van der Waals surface area contributed by atoms with Crippen molar-refractivity contribution in [2.75, 3.05) is 5.32 Å². The molecule has 2 rings (SSSR count). The quantitative estimate of drug-likeness (QED) is 0.883. The number of rotatable bonds is 2. The first-order valence-electron chi connectivity index (χ1n) is 5.68. The first-order chi connectivity index (χ1) is 8.99. The van der Waals surface area contributed by atoms with Crippen LogP contribution in [0.4, 0.5) is 5.82 Å². The van der Waals surface area contributed by atoms with Gasteiger partial charge in [-0.2, -0.15) is 0 Å². The number of carbonyl (C=O) groups is 1. The summed E-state index contributed by atoms with van der Waals surface area (Å²) in [6.45, 7) is 3.72. The third-order valence-electron chi connectivity index (χ3n) is 2.70. The highest BCUT2D eigenvalue weighted by Crippen LogP contribution is 2.22. The van der Waals surface area contributed by atoms with Crippen molar-refractivity contribution < 1.29 is 4.79 Å². The first kappa shape index (κ1) is 14.0. The molecule has 3 nitrogen and oxygen atoms in total. The fourth-order valence-corrected chi connectivity index (χ4v) is 2.05. The molecule has 1 heterocycles. The molecule has 0 radical (unpaired) electrons. The lowest BCUT2D eigenvalue weighted by atomic mass is 10.1. The summed E-state index contributed by atoms with van der Waals surface area (Å²) in [5, 5.41) is 3.21. The minimum absolute atomic E-state index is 0.261. The van der Waals surface area contributed by atoms with E-state index >= 15 is 0 Å². The van der Waals surface area contributed by atoms with Crippen molar-refractivity contribution in [3.05, 3.63) is 56.6 Å². The smallest absolute Gasteiger partial charge is 0.258 e. The van der Waals surface area contributed by atoms with Gasteiger partial charge in [0.15, 0.2) is 0 Å². The number of anilines is 1. The zero-order chi connectivity index (χ0) is 14.0. The van der Waals surface area contributed by atoms with E-state index in [4.69, 9.17) is 11.6 Å². The molecule has 1 aromatic carbocycles. The molecule has 5 heteroatoms. The van der Waals surface area contributed by atoms with Crippen LogP contribution in [0.25, 0.3) is 0 Å². The van der Waals surface area contributed by atoms with E-state index in [2.05, 4.69) is 26.2 Å². The molecular weight excluding hydrogens is 328 g/mol. The molecule has 0 aliphatic rings. The van der Waals surface area contributed by atoms with Gasteiger partial charge in [0.1, 0.15) is 5.82 Å². The minimum atomic E-state index is -0.261. The van der Waals surface area contributed by atoms with Crippen LogP contribution in [0.2, 0.25) is 5.02 Å². The first-order valence-corrected chi connectivity index (χ1v) is 6.85. The van der Waals surface area contributed by atoms with E-state index in [1.54, 1.807) is 18.2 Å². The molecule has 0 spiro atoms. The van der Waals surface area contributed by atoms with E-state index in [1.807, 2.05) is 26.0 Å². The molecule has 0 bridgehead atoms. The Balaban J connectivity index is 2.26. The van der Waals surface area contributed by atoms with Crippen molar-refractivity contribution in [2.45, 2.75) is 13.8 Å². The number of hydrogen-bond donors (Lipinski definition) is 1. The number of amides is 1. The molecule has 2 aromatic rings. The summed E-state index contributed by atoms with van der Waals surface area (Å²) < 4.78 is 0.902. The van der Waals surface area contributed by atoms with Gasteiger partial charge in [-0.05, 0) is 53.5 Å². The fraction of sp³-hybridized carbons (Fsp3) is 0.143. The van der Waals surface area contributed by atoms with Crippen LogP contribution in [0.5, 0.6) is 0 Å². The maximum absolute atomic E-state index is 12.1. The van der Waals surface area contributed by atoms with Crippen molar-refractivity contribution in [1.29, 1.82) is 0 Å². The Morgan fingerprint density at radius 2 is 2.00 bits per heavy atom. The van der Waals surface area contributed by atoms with Crippen LogP contribution < -0.4 is 5.32 Å². The lowest BCUT2D eigenvalue weighted by Crippen LogP contribution is -2.14. The van der Waals surface area contributed by atoms with Crippen molar-refractivity contribution in [3.63, 3.8) is 0 Å². The third kappa shape index (κ3) is 3.14. The molecule has 0 saturated carbocycles. The zero-order valence-corrected chi connectivity index (χ0v) is 12.8. The lowest BCUT2D eigenvalue weighted by Gasteiger charge is -2.08. The third-order valence-corrected chi connectivity index (χ3v) is 4.04. The standard InChI is InChI=1S/C14H12BrClN2O/c1-8-4-3-5-10(13(8)16)14(19)18-12-7-6-11(15)9(2)17-12/h3-7H,1-2H3,(H,17,18,19). The van der Waals surface area contributed by atoms with Crippen molar-refractivity contribution in [2.24, 2.45) is 0 Å². The predicted molar refractivity (Wildman–Crippen MR) is 80.8 cm³/mol. The second-order valence-electron chi connectivity index (χ2n) is 4.15. The van der Waals surface area contributed by atoms with Gasteiger partial charge in [0.05, 0.1) is 16.3 Å². The molecular formula is C14H12BrClN2O. The number of aryl methyl sites for hydroxylation is 2. The normalized spacial score (nSPS) is 10.3. The molecule has 0 saturated heterocycles. The largest absolute Gasteiger partial charge is 0.307 e. The average Bonchev–Trinajstić information content (AvgIpc) is 2.37. The highest BCUT2D eigenvalue weighted by atomic mass is 79.9. The molecule has 0 fully saturated rings. The van der Waals surface area contributed by atoms with E-state index < -0.39 is 0 Å². The monoisotopic (exact) mass is 338 g/mol. The van der Waals surface area contributed by atoms with Crippen LogP contribution in [0.3, 0.4) is 0 Å². The molecule has 19 heavy (non-hydrogen) atoms. The average molecular weight is 340 g/mol. The Labute approximate surface area is 125 Å². The molecule has 0 aliphatic carbocycles. The Hall–Kier alpha value is -1.39. The van der Waals surface area contributed by atoms with Gasteiger partial charge in [0, 0.05) is 4.47 Å². The minimum Gasteiger partial charge on any atom is -0.307 e. The van der Waals surface area contributed by atoms with Crippen molar-refractivity contribution in [1.82, 2.24) is 4.98 Å². The summed E-state index contributed by atoms with van der Waals surface area (Å²) in [7, 11) is 0. The topological polar surface area (TPSA) is 42.0 Å². The van der Waals surface area contributed by atoms with Gasteiger partial charge in [-0.3, -0.25) is 4.79 Å². The van der Waals surface area contributed by atoms with Crippen LogP contribution in [0.1, 0.15) is 21.6 Å². The van der Waals surface area contributed by atoms with Crippen molar-refractivity contribution in [3.8, 4) is 0 Å². The summed E-state index contributed by atoms with van der Waals surface area (Å²) in [5.74, 6) is 0.242. The van der Waals surface area contributed by atoms with Gasteiger partial charge in [0.25, 0.3) is 5.91 Å². The lowest BCUT2D eigenvalue weighted by molar-refractivity contribution is 0.102. The van der Waals surface area contributed by atoms with Crippen LogP contribution in [-0.4, -0.2) is 10.9 Å². The second-order valence-corrected chi connectivity index (χ2v) is 5.39. The van der Waals surface area contributed by atoms with Crippen LogP contribution >= 0.6 is 27.5 Å². The van der Waals surface area contributed by atoms with E-state index in [-0.39, 0.29) is 5.91 Å². The summed E-state index contributed by atoms with van der Waals surface area (Å²) >= 11 is 9.49. The SMILES string of the molecule is Cc1cccc(C(=O)Nc2ccc(Br)c(C)n2)c1Cl. The number of pyridine rings is 1. The van der Waals surface area contributed by atoms with Crippen LogP contribution in [0, 0.1) is 13.8 Å². The molecule has 0 atom stereocenters.